The summed E-state index contributed by atoms with van der Waals surface area (Å²) in [6, 6.07) is 4.09. The van der Waals surface area contributed by atoms with Crippen LogP contribution >= 0.6 is 0 Å². The largest absolute Gasteiger partial charge is 0.416 e. The zero-order valence-corrected chi connectivity index (χ0v) is 11.9. The van der Waals surface area contributed by atoms with Crippen molar-refractivity contribution >= 4 is 0 Å². The van der Waals surface area contributed by atoms with Gasteiger partial charge in [-0.3, -0.25) is 0 Å². The molecule has 104 valence electrons. The van der Waals surface area contributed by atoms with Crippen molar-refractivity contribution in [1.29, 1.82) is 0 Å². The molecule has 1 aromatic carbocycles. The summed E-state index contributed by atoms with van der Waals surface area (Å²) in [4.78, 5) is 0. The molecule has 0 heterocycles. The number of hydrogen-bond acceptors (Lipinski definition) is 0. The van der Waals surface area contributed by atoms with Crippen LogP contribution in [-0.2, 0) is 12.6 Å². The summed E-state index contributed by atoms with van der Waals surface area (Å²) in [6.45, 7) is 9.98. The van der Waals surface area contributed by atoms with Crippen LogP contribution in [0.2, 0.25) is 0 Å². The standard InChI is InChI=1S/C11H11F3.2C2H6/c1-7-2-3-8-4-5-9(6-10(7)8)11(12,13)14;2*1-2/h4-7H,2-3H2,1H3;2*1-2H3. The average Bonchev–Trinajstić information content (AvgIpc) is 2.75. The lowest BCUT2D eigenvalue weighted by molar-refractivity contribution is -0.137. The van der Waals surface area contributed by atoms with E-state index in [0.29, 0.717) is 0 Å². The van der Waals surface area contributed by atoms with Crippen molar-refractivity contribution in [2.45, 2.75) is 59.6 Å². The van der Waals surface area contributed by atoms with Gasteiger partial charge >= 0.3 is 6.18 Å². The first-order valence-electron chi connectivity index (χ1n) is 6.68. The molecule has 1 aliphatic carbocycles. The smallest absolute Gasteiger partial charge is 0.166 e. The fourth-order valence-corrected chi connectivity index (χ4v) is 1.99. The van der Waals surface area contributed by atoms with E-state index in [4.69, 9.17) is 0 Å². The third kappa shape index (κ3) is 4.04. The van der Waals surface area contributed by atoms with Crippen molar-refractivity contribution in [2.75, 3.05) is 0 Å². The molecule has 0 amide bonds. The predicted octanol–water partition coefficient (Wildman–Crippen LogP) is 5.81. The van der Waals surface area contributed by atoms with Crippen molar-refractivity contribution in [1.82, 2.24) is 0 Å². The molecule has 1 atom stereocenters. The molecule has 1 aromatic rings. The Morgan fingerprint density at radius 2 is 1.61 bits per heavy atom. The predicted molar refractivity (Wildman–Crippen MR) is 70.9 cm³/mol. The van der Waals surface area contributed by atoms with E-state index >= 15 is 0 Å². The highest BCUT2D eigenvalue weighted by Gasteiger charge is 2.32. The Bertz CT molecular complexity index is 353. The molecule has 0 aliphatic heterocycles. The minimum atomic E-state index is -4.21. The average molecular weight is 260 g/mol. The van der Waals surface area contributed by atoms with Crippen LogP contribution < -0.4 is 0 Å². The third-order valence-corrected chi connectivity index (χ3v) is 2.85. The van der Waals surface area contributed by atoms with Gasteiger partial charge in [0.05, 0.1) is 5.56 Å². The first-order chi connectivity index (χ1) is 8.48. The number of rotatable bonds is 0. The second-order valence-electron chi connectivity index (χ2n) is 3.85. The van der Waals surface area contributed by atoms with Gasteiger partial charge in [0.1, 0.15) is 0 Å². The number of hydrogen-bond donors (Lipinski definition) is 0. The van der Waals surface area contributed by atoms with Crippen molar-refractivity contribution in [3.63, 3.8) is 0 Å². The van der Waals surface area contributed by atoms with Crippen LogP contribution in [0.3, 0.4) is 0 Å². The van der Waals surface area contributed by atoms with Gasteiger partial charge in [-0.1, -0.05) is 40.7 Å². The van der Waals surface area contributed by atoms with E-state index in [2.05, 4.69) is 0 Å². The molecule has 0 radical (unpaired) electrons. The SMILES string of the molecule is CC.CC.CC1CCc2ccc(C(F)(F)F)cc21. The van der Waals surface area contributed by atoms with E-state index in [9.17, 15) is 13.2 Å². The Labute approximate surface area is 108 Å². The van der Waals surface area contributed by atoms with E-state index < -0.39 is 11.7 Å². The summed E-state index contributed by atoms with van der Waals surface area (Å²) < 4.78 is 37.2. The van der Waals surface area contributed by atoms with Gasteiger partial charge in [0.2, 0.25) is 0 Å². The maximum atomic E-state index is 12.4. The van der Waals surface area contributed by atoms with Crippen molar-refractivity contribution in [3.8, 4) is 0 Å². The molecule has 1 unspecified atom stereocenters. The molecule has 0 saturated heterocycles. The Morgan fingerprint density at radius 1 is 1.06 bits per heavy atom. The lowest BCUT2D eigenvalue weighted by Gasteiger charge is -2.10. The molecule has 0 fully saturated rings. The van der Waals surface area contributed by atoms with E-state index in [1.165, 1.54) is 12.1 Å². The Balaban J connectivity index is 0.000000659. The molecule has 18 heavy (non-hydrogen) atoms. The summed E-state index contributed by atoms with van der Waals surface area (Å²) in [7, 11) is 0. The van der Waals surface area contributed by atoms with Gasteiger partial charge in [-0.15, -0.1) is 0 Å². The third-order valence-electron chi connectivity index (χ3n) is 2.85. The minimum absolute atomic E-state index is 0.271. The van der Waals surface area contributed by atoms with Gasteiger partial charge in [0, 0.05) is 0 Å². The Hall–Kier alpha value is -0.990. The molecule has 2 rings (SSSR count). The normalized spacial score (nSPS) is 17.0. The molecule has 0 N–H and O–H groups in total. The van der Waals surface area contributed by atoms with Crippen molar-refractivity contribution < 1.29 is 13.2 Å². The Morgan fingerprint density at radius 3 is 2.11 bits per heavy atom. The summed E-state index contributed by atoms with van der Waals surface area (Å²) in [5.74, 6) is 0.271. The van der Waals surface area contributed by atoms with Crippen LogP contribution in [0.25, 0.3) is 0 Å². The minimum Gasteiger partial charge on any atom is -0.166 e. The first kappa shape index (κ1) is 17.0. The van der Waals surface area contributed by atoms with E-state index in [-0.39, 0.29) is 5.92 Å². The molecule has 1 aliphatic rings. The fraction of sp³-hybridized carbons (Fsp3) is 0.600. The second kappa shape index (κ2) is 7.45. The fourth-order valence-electron chi connectivity index (χ4n) is 1.99. The highest BCUT2D eigenvalue weighted by molar-refractivity contribution is 5.38. The lowest BCUT2D eigenvalue weighted by atomic mass is 10.0. The molecule has 3 heteroatoms. The number of fused-ring (bicyclic) bond motifs is 1. The molecular formula is C15H23F3. The number of aryl methyl sites for hydroxylation is 1. The first-order valence-corrected chi connectivity index (χ1v) is 6.68. The zero-order valence-electron chi connectivity index (χ0n) is 11.9. The van der Waals surface area contributed by atoms with E-state index in [1.54, 1.807) is 6.07 Å². The second-order valence-corrected chi connectivity index (χ2v) is 3.85. The number of halogens is 3. The number of benzene rings is 1. The van der Waals surface area contributed by atoms with E-state index in [1.807, 2.05) is 34.6 Å². The van der Waals surface area contributed by atoms with E-state index in [0.717, 1.165) is 24.0 Å². The number of alkyl halides is 3. The van der Waals surface area contributed by atoms with Gasteiger partial charge in [-0.2, -0.15) is 13.2 Å². The zero-order chi connectivity index (χ0) is 14.3. The molecule has 0 aromatic heterocycles. The topological polar surface area (TPSA) is 0 Å². The van der Waals surface area contributed by atoms with Gasteiger partial charge in [0.15, 0.2) is 0 Å². The molecular weight excluding hydrogens is 237 g/mol. The summed E-state index contributed by atoms with van der Waals surface area (Å²) in [5, 5.41) is 0. The molecule has 0 saturated carbocycles. The molecule has 0 bridgehead atoms. The van der Waals surface area contributed by atoms with Crippen LogP contribution in [0.15, 0.2) is 18.2 Å². The van der Waals surface area contributed by atoms with Crippen LogP contribution in [-0.4, -0.2) is 0 Å². The van der Waals surface area contributed by atoms with Crippen molar-refractivity contribution in [3.05, 3.63) is 34.9 Å². The van der Waals surface area contributed by atoms with Crippen molar-refractivity contribution in [2.24, 2.45) is 0 Å². The van der Waals surface area contributed by atoms with Gasteiger partial charge in [-0.05, 0) is 42.0 Å². The van der Waals surface area contributed by atoms with Crippen LogP contribution in [0.4, 0.5) is 13.2 Å². The summed E-state index contributed by atoms with van der Waals surface area (Å²) in [5.41, 5.74) is 1.43. The molecule has 0 nitrogen and oxygen atoms in total. The lowest BCUT2D eigenvalue weighted by Crippen LogP contribution is -2.05. The van der Waals surface area contributed by atoms with Gasteiger partial charge in [0.25, 0.3) is 0 Å². The monoisotopic (exact) mass is 260 g/mol. The summed E-state index contributed by atoms with van der Waals surface area (Å²) >= 11 is 0. The maximum absolute atomic E-state index is 12.4. The molecule has 0 spiro atoms. The van der Waals surface area contributed by atoms with Gasteiger partial charge in [-0.25, -0.2) is 0 Å². The highest BCUT2D eigenvalue weighted by Crippen LogP contribution is 2.37. The van der Waals surface area contributed by atoms with Crippen LogP contribution in [0.1, 0.15) is 63.6 Å². The van der Waals surface area contributed by atoms with Gasteiger partial charge < -0.3 is 0 Å². The Kier molecular flexibility index (Phi) is 7.04. The van der Waals surface area contributed by atoms with Crippen LogP contribution in [0.5, 0.6) is 0 Å². The highest BCUT2D eigenvalue weighted by atomic mass is 19.4. The quantitative estimate of drug-likeness (QED) is 0.552. The summed E-state index contributed by atoms with van der Waals surface area (Å²) in [6.07, 6.45) is -2.33. The van der Waals surface area contributed by atoms with Crippen LogP contribution in [0, 0.1) is 0 Å². The maximum Gasteiger partial charge on any atom is 0.416 e.